The lowest BCUT2D eigenvalue weighted by molar-refractivity contribution is 0.340. The molecule has 2 rings (SSSR count). The van der Waals surface area contributed by atoms with Crippen LogP contribution in [0.3, 0.4) is 0 Å². The molecular formula is C12H15N3O. The molecule has 0 unspecified atom stereocenters. The topological polar surface area (TPSA) is 53.1 Å². The molecule has 1 aromatic carbocycles. The number of rotatable bonds is 4. The maximum atomic E-state index is 5.60. The van der Waals surface area contributed by atoms with Crippen LogP contribution in [0.15, 0.2) is 36.7 Å². The Kier molecular flexibility index (Phi) is 3.22. The first-order chi connectivity index (χ1) is 7.85. The van der Waals surface area contributed by atoms with Crippen molar-refractivity contribution in [2.45, 2.75) is 13.5 Å². The van der Waals surface area contributed by atoms with Gasteiger partial charge in [-0.05, 0) is 31.2 Å². The number of hydrogen-bond donors (Lipinski definition) is 1. The van der Waals surface area contributed by atoms with E-state index in [9.17, 15) is 0 Å². The van der Waals surface area contributed by atoms with E-state index in [1.165, 1.54) is 0 Å². The van der Waals surface area contributed by atoms with Crippen LogP contribution in [-0.4, -0.2) is 16.2 Å². The van der Waals surface area contributed by atoms with Crippen molar-refractivity contribution in [1.29, 1.82) is 0 Å². The van der Waals surface area contributed by atoms with Crippen molar-refractivity contribution in [3.05, 3.63) is 42.5 Å². The van der Waals surface area contributed by atoms with Gasteiger partial charge in [0, 0.05) is 18.1 Å². The molecule has 1 heterocycles. The summed E-state index contributed by atoms with van der Waals surface area (Å²) in [5.74, 6) is 1.73. The number of imidazole rings is 1. The summed E-state index contributed by atoms with van der Waals surface area (Å²) in [7, 11) is 0. The van der Waals surface area contributed by atoms with E-state index in [1.54, 1.807) is 6.20 Å². The third-order valence-electron chi connectivity index (χ3n) is 2.33. The lowest BCUT2D eigenvalue weighted by atomic mass is 10.3. The molecule has 0 aliphatic rings. The van der Waals surface area contributed by atoms with Crippen LogP contribution >= 0.6 is 0 Å². The van der Waals surface area contributed by atoms with Gasteiger partial charge < -0.3 is 15.0 Å². The molecule has 0 amide bonds. The number of nitrogens with zero attached hydrogens (tertiary/aromatic N) is 2. The molecule has 0 saturated heterocycles. The standard InChI is InChI=1S/C12H15N3O/c1-2-16-11-5-3-10(4-6-11)15-8-7-14-12(15)9-13/h3-8H,2,9,13H2,1H3. The average molecular weight is 217 g/mol. The highest BCUT2D eigenvalue weighted by molar-refractivity contribution is 5.38. The lowest BCUT2D eigenvalue weighted by Gasteiger charge is -2.07. The van der Waals surface area contributed by atoms with E-state index in [2.05, 4.69) is 4.98 Å². The van der Waals surface area contributed by atoms with E-state index in [0.29, 0.717) is 13.2 Å². The van der Waals surface area contributed by atoms with Gasteiger partial charge in [0.25, 0.3) is 0 Å². The molecule has 0 atom stereocenters. The van der Waals surface area contributed by atoms with Crippen LogP contribution in [0.1, 0.15) is 12.7 Å². The number of ether oxygens (including phenoxy) is 1. The summed E-state index contributed by atoms with van der Waals surface area (Å²) in [5.41, 5.74) is 6.64. The van der Waals surface area contributed by atoms with Gasteiger partial charge in [-0.25, -0.2) is 4.98 Å². The van der Waals surface area contributed by atoms with Gasteiger partial charge in [-0.2, -0.15) is 0 Å². The van der Waals surface area contributed by atoms with Crippen LogP contribution in [0.25, 0.3) is 5.69 Å². The van der Waals surface area contributed by atoms with Gasteiger partial charge >= 0.3 is 0 Å². The zero-order valence-corrected chi connectivity index (χ0v) is 9.26. The Morgan fingerprint density at radius 3 is 2.69 bits per heavy atom. The summed E-state index contributed by atoms with van der Waals surface area (Å²) in [6, 6.07) is 7.87. The summed E-state index contributed by atoms with van der Waals surface area (Å²) < 4.78 is 7.35. The quantitative estimate of drug-likeness (QED) is 0.848. The molecule has 1 aromatic heterocycles. The number of hydrogen-bond acceptors (Lipinski definition) is 3. The molecule has 0 aliphatic heterocycles. The predicted molar refractivity (Wildman–Crippen MR) is 62.6 cm³/mol. The van der Waals surface area contributed by atoms with Crippen LogP contribution in [0, 0.1) is 0 Å². The first kappa shape index (κ1) is 10.7. The fourth-order valence-corrected chi connectivity index (χ4v) is 1.59. The summed E-state index contributed by atoms with van der Waals surface area (Å²) in [6.45, 7) is 3.08. The molecule has 0 radical (unpaired) electrons. The third-order valence-corrected chi connectivity index (χ3v) is 2.33. The molecule has 0 aliphatic carbocycles. The Hall–Kier alpha value is -1.81. The minimum atomic E-state index is 0.431. The molecule has 2 aromatic rings. The monoisotopic (exact) mass is 217 g/mol. The van der Waals surface area contributed by atoms with Gasteiger partial charge in [0.1, 0.15) is 11.6 Å². The number of aromatic nitrogens is 2. The van der Waals surface area contributed by atoms with Crippen molar-refractivity contribution in [2.24, 2.45) is 5.73 Å². The molecule has 0 bridgehead atoms. The van der Waals surface area contributed by atoms with E-state index in [0.717, 1.165) is 17.3 Å². The van der Waals surface area contributed by atoms with E-state index in [4.69, 9.17) is 10.5 Å². The van der Waals surface area contributed by atoms with Crippen molar-refractivity contribution in [3.63, 3.8) is 0 Å². The second-order valence-electron chi connectivity index (χ2n) is 3.34. The first-order valence-corrected chi connectivity index (χ1v) is 5.30. The van der Waals surface area contributed by atoms with Crippen LogP contribution in [-0.2, 0) is 6.54 Å². The van der Waals surface area contributed by atoms with E-state index < -0.39 is 0 Å². The second-order valence-corrected chi connectivity index (χ2v) is 3.34. The van der Waals surface area contributed by atoms with E-state index in [1.807, 2.05) is 42.0 Å². The third kappa shape index (κ3) is 2.06. The molecule has 16 heavy (non-hydrogen) atoms. The zero-order valence-electron chi connectivity index (χ0n) is 9.26. The van der Waals surface area contributed by atoms with Gasteiger partial charge in [-0.15, -0.1) is 0 Å². The normalized spacial score (nSPS) is 10.4. The number of benzene rings is 1. The predicted octanol–water partition coefficient (Wildman–Crippen LogP) is 1.73. The van der Waals surface area contributed by atoms with Crippen molar-refractivity contribution in [3.8, 4) is 11.4 Å². The fraction of sp³-hybridized carbons (Fsp3) is 0.250. The van der Waals surface area contributed by atoms with Gasteiger partial charge in [0.05, 0.1) is 13.2 Å². The maximum Gasteiger partial charge on any atom is 0.126 e. The maximum absolute atomic E-state index is 5.60. The molecule has 4 nitrogen and oxygen atoms in total. The Labute approximate surface area is 94.7 Å². The summed E-state index contributed by atoms with van der Waals surface area (Å²) in [6.07, 6.45) is 3.65. The summed E-state index contributed by atoms with van der Waals surface area (Å²) >= 11 is 0. The van der Waals surface area contributed by atoms with Gasteiger partial charge in [-0.1, -0.05) is 0 Å². The highest BCUT2D eigenvalue weighted by atomic mass is 16.5. The molecule has 0 fully saturated rings. The minimum Gasteiger partial charge on any atom is -0.494 e. The van der Waals surface area contributed by atoms with E-state index >= 15 is 0 Å². The highest BCUT2D eigenvalue weighted by Crippen LogP contribution is 2.16. The first-order valence-electron chi connectivity index (χ1n) is 5.30. The molecule has 2 N–H and O–H groups in total. The largest absolute Gasteiger partial charge is 0.494 e. The van der Waals surface area contributed by atoms with Gasteiger partial charge in [0.15, 0.2) is 0 Å². The zero-order chi connectivity index (χ0) is 11.4. The van der Waals surface area contributed by atoms with Crippen LogP contribution in [0.4, 0.5) is 0 Å². The molecule has 0 saturated carbocycles. The van der Waals surface area contributed by atoms with Crippen LogP contribution in [0.2, 0.25) is 0 Å². The fourth-order valence-electron chi connectivity index (χ4n) is 1.59. The molecule has 0 spiro atoms. The van der Waals surface area contributed by atoms with Gasteiger partial charge in [0.2, 0.25) is 0 Å². The smallest absolute Gasteiger partial charge is 0.126 e. The molecular weight excluding hydrogens is 202 g/mol. The highest BCUT2D eigenvalue weighted by Gasteiger charge is 2.02. The number of nitrogens with two attached hydrogens (primary N) is 1. The van der Waals surface area contributed by atoms with Gasteiger partial charge in [-0.3, -0.25) is 0 Å². The molecule has 84 valence electrons. The van der Waals surface area contributed by atoms with Crippen molar-refractivity contribution >= 4 is 0 Å². The van der Waals surface area contributed by atoms with Crippen molar-refractivity contribution in [1.82, 2.24) is 9.55 Å². The summed E-state index contributed by atoms with van der Waals surface area (Å²) in [5, 5.41) is 0. The summed E-state index contributed by atoms with van der Waals surface area (Å²) in [4.78, 5) is 4.18. The van der Waals surface area contributed by atoms with Crippen molar-refractivity contribution in [2.75, 3.05) is 6.61 Å². The van der Waals surface area contributed by atoms with E-state index in [-0.39, 0.29) is 0 Å². The minimum absolute atomic E-state index is 0.431. The Balaban J connectivity index is 2.27. The Bertz CT molecular complexity index is 448. The van der Waals surface area contributed by atoms with Crippen molar-refractivity contribution < 1.29 is 4.74 Å². The van der Waals surface area contributed by atoms with Crippen LogP contribution in [0.5, 0.6) is 5.75 Å². The molecule has 4 heteroatoms. The Morgan fingerprint density at radius 1 is 1.31 bits per heavy atom. The second kappa shape index (κ2) is 4.81. The average Bonchev–Trinajstić information content (AvgIpc) is 2.78. The Morgan fingerprint density at radius 2 is 2.06 bits per heavy atom. The lowest BCUT2D eigenvalue weighted by Crippen LogP contribution is -2.06. The SMILES string of the molecule is CCOc1ccc(-n2ccnc2CN)cc1. The van der Waals surface area contributed by atoms with Crippen LogP contribution < -0.4 is 10.5 Å².